The van der Waals surface area contributed by atoms with Crippen LogP contribution in [0.3, 0.4) is 0 Å². The quantitative estimate of drug-likeness (QED) is 0.688. The molecule has 0 bridgehead atoms. The van der Waals surface area contributed by atoms with Crippen molar-refractivity contribution in [2.45, 2.75) is 13.0 Å². The van der Waals surface area contributed by atoms with E-state index in [0.29, 0.717) is 28.4 Å². The van der Waals surface area contributed by atoms with Crippen molar-refractivity contribution in [1.82, 2.24) is 0 Å². The predicted molar refractivity (Wildman–Crippen MR) is 81.8 cm³/mol. The number of benzene rings is 2. The number of nitro benzene ring substituents is 1. The Morgan fingerprint density at radius 2 is 2.00 bits per heavy atom. The Labute approximate surface area is 132 Å². The summed E-state index contributed by atoms with van der Waals surface area (Å²) in [6.07, 6.45) is -1.01. The Hall–Kier alpha value is -2.80. The summed E-state index contributed by atoms with van der Waals surface area (Å²) in [5.74, 6) is 1.33. The van der Waals surface area contributed by atoms with Crippen molar-refractivity contribution >= 4 is 5.69 Å². The van der Waals surface area contributed by atoms with Crippen LogP contribution >= 0.6 is 0 Å². The molecule has 0 aromatic heterocycles. The third-order valence-electron chi connectivity index (χ3n) is 3.68. The lowest BCUT2D eigenvalue weighted by atomic mass is 9.96. The van der Waals surface area contributed by atoms with E-state index < -0.39 is 11.0 Å². The van der Waals surface area contributed by atoms with Crippen LogP contribution in [0.4, 0.5) is 5.69 Å². The first-order chi connectivity index (χ1) is 11.0. The first-order valence-electron chi connectivity index (χ1n) is 6.96. The van der Waals surface area contributed by atoms with Gasteiger partial charge in [-0.25, -0.2) is 0 Å². The number of aliphatic hydroxyl groups excluding tert-OH is 1. The van der Waals surface area contributed by atoms with Gasteiger partial charge in [0.2, 0.25) is 6.79 Å². The Balaban J connectivity index is 2.30. The average Bonchev–Trinajstić information content (AvgIpc) is 3.01. The number of methoxy groups -OCH3 is 1. The predicted octanol–water partition coefficient (Wildman–Crippen LogP) is 3.05. The van der Waals surface area contributed by atoms with E-state index in [1.807, 2.05) is 0 Å². The van der Waals surface area contributed by atoms with Gasteiger partial charge in [-0.2, -0.15) is 0 Å². The zero-order valence-electron chi connectivity index (χ0n) is 12.6. The molecule has 1 aliphatic rings. The summed E-state index contributed by atoms with van der Waals surface area (Å²) >= 11 is 0. The maximum Gasteiger partial charge on any atom is 0.286 e. The summed E-state index contributed by atoms with van der Waals surface area (Å²) in [7, 11) is 1.54. The first-order valence-corrected chi connectivity index (χ1v) is 6.96. The fourth-order valence-corrected chi connectivity index (χ4v) is 2.59. The van der Waals surface area contributed by atoms with E-state index >= 15 is 0 Å². The van der Waals surface area contributed by atoms with Crippen molar-refractivity contribution in [1.29, 1.82) is 0 Å². The molecule has 0 spiro atoms. The second-order valence-electron chi connectivity index (χ2n) is 5.08. The number of nitro groups is 1. The van der Waals surface area contributed by atoms with Gasteiger partial charge in [-0.1, -0.05) is 12.1 Å². The van der Waals surface area contributed by atoms with E-state index in [1.165, 1.54) is 13.0 Å². The number of hydrogen-bond acceptors (Lipinski definition) is 6. The lowest BCUT2D eigenvalue weighted by molar-refractivity contribution is -0.385. The molecule has 2 aromatic carbocycles. The highest BCUT2D eigenvalue weighted by Crippen LogP contribution is 2.50. The molecule has 120 valence electrons. The third-order valence-corrected chi connectivity index (χ3v) is 3.68. The number of aliphatic hydroxyl groups is 1. The molecular formula is C16H15NO6. The van der Waals surface area contributed by atoms with Gasteiger partial charge in [0.1, 0.15) is 11.3 Å². The van der Waals surface area contributed by atoms with Crippen molar-refractivity contribution in [3.63, 3.8) is 0 Å². The van der Waals surface area contributed by atoms with Gasteiger partial charge in [-0.3, -0.25) is 10.1 Å². The average molecular weight is 317 g/mol. The zero-order valence-corrected chi connectivity index (χ0v) is 12.6. The molecule has 0 saturated heterocycles. The second-order valence-corrected chi connectivity index (χ2v) is 5.08. The van der Waals surface area contributed by atoms with E-state index in [2.05, 4.69) is 0 Å². The van der Waals surface area contributed by atoms with E-state index in [-0.39, 0.29) is 18.0 Å². The molecule has 1 aliphatic heterocycles. The third kappa shape index (κ3) is 2.55. The van der Waals surface area contributed by atoms with Crippen LogP contribution in [0, 0.1) is 10.1 Å². The minimum Gasteiger partial charge on any atom is -0.497 e. The molecule has 7 nitrogen and oxygen atoms in total. The van der Waals surface area contributed by atoms with Crippen LogP contribution in [0.25, 0.3) is 11.1 Å². The van der Waals surface area contributed by atoms with Crippen LogP contribution in [0.1, 0.15) is 18.6 Å². The summed E-state index contributed by atoms with van der Waals surface area (Å²) in [6, 6.07) is 8.27. The second kappa shape index (κ2) is 5.77. The molecule has 3 rings (SSSR count). The molecule has 1 heterocycles. The first kappa shape index (κ1) is 15.1. The lowest BCUT2D eigenvalue weighted by Gasteiger charge is -2.13. The van der Waals surface area contributed by atoms with Gasteiger partial charge in [-0.05, 0) is 30.7 Å². The van der Waals surface area contributed by atoms with Crippen LogP contribution in [0.2, 0.25) is 0 Å². The van der Waals surface area contributed by atoms with Crippen LogP contribution in [0.15, 0.2) is 30.3 Å². The van der Waals surface area contributed by atoms with Crippen LogP contribution in [-0.4, -0.2) is 23.9 Å². The minimum absolute atomic E-state index is 0.0150. The van der Waals surface area contributed by atoms with Crippen molar-refractivity contribution in [3.8, 4) is 28.4 Å². The van der Waals surface area contributed by atoms with Crippen molar-refractivity contribution in [3.05, 3.63) is 46.0 Å². The van der Waals surface area contributed by atoms with Crippen molar-refractivity contribution in [2.24, 2.45) is 0 Å². The fourth-order valence-electron chi connectivity index (χ4n) is 2.59. The minimum atomic E-state index is -1.01. The molecule has 1 N–H and O–H groups in total. The highest BCUT2D eigenvalue weighted by atomic mass is 16.7. The normalized spacial score (nSPS) is 13.7. The van der Waals surface area contributed by atoms with Gasteiger partial charge in [0.25, 0.3) is 5.69 Å². The molecule has 0 saturated carbocycles. The number of hydrogen-bond donors (Lipinski definition) is 1. The molecule has 0 radical (unpaired) electrons. The van der Waals surface area contributed by atoms with E-state index in [4.69, 9.17) is 14.2 Å². The molecule has 0 fully saturated rings. The van der Waals surface area contributed by atoms with E-state index in [1.54, 1.807) is 31.4 Å². The Morgan fingerprint density at radius 1 is 1.30 bits per heavy atom. The molecule has 7 heteroatoms. The van der Waals surface area contributed by atoms with Crippen LogP contribution in [0.5, 0.6) is 17.2 Å². The molecule has 23 heavy (non-hydrogen) atoms. The zero-order chi connectivity index (χ0) is 16.6. The van der Waals surface area contributed by atoms with E-state index in [9.17, 15) is 15.2 Å². The monoisotopic (exact) mass is 317 g/mol. The Morgan fingerprint density at radius 3 is 2.57 bits per heavy atom. The number of ether oxygens (including phenoxy) is 3. The van der Waals surface area contributed by atoms with Crippen LogP contribution in [-0.2, 0) is 0 Å². The molecule has 0 amide bonds. The van der Waals surface area contributed by atoms with Crippen molar-refractivity contribution in [2.75, 3.05) is 13.9 Å². The Bertz CT molecular complexity index is 754. The summed E-state index contributed by atoms with van der Waals surface area (Å²) < 4.78 is 15.9. The summed E-state index contributed by atoms with van der Waals surface area (Å²) in [4.78, 5) is 11.1. The lowest BCUT2D eigenvalue weighted by Crippen LogP contribution is -2.02. The van der Waals surface area contributed by atoms with E-state index in [0.717, 1.165) is 0 Å². The number of rotatable bonds is 4. The van der Waals surface area contributed by atoms with Gasteiger partial charge >= 0.3 is 0 Å². The van der Waals surface area contributed by atoms with Gasteiger partial charge in [0, 0.05) is 0 Å². The van der Waals surface area contributed by atoms with Gasteiger partial charge in [0.05, 0.1) is 23.7 Å². The van der Waals surface area contributed by atoms with Gasteiger partial charge in [-0.15, -0.1) is 0 Å². The molecule has 2 aromatic rings. The van der Waals surface area contributed by atoms with Crippen molar-refractivity contribution < 1.29 is 24.2 Å². The Kier molecular flexibility index (Phi) is 3.79. The van der Waals surface area contributed by atoms with Gasteiger partial charge < -0.3 is 19.3 Å². The topological polar surface area (TPSA) is 91.1 Å². The highest BCUT2D eigenvalue weighted by Gasteiger charge is 2.33. The molecular weight excluding hydrogens is 302 g/mol. The van der Waals surface area contributed by atoms with Gasteiger partial charge in [0.15, 0.2) is 11.5 Å². The summed E-state index contributed by atoms with van der Waals surface area (Å²) in [5, 5.41) is 21.5. The summed E-state index contributed by atoms with van der Waals surface area (Å²) in [6.45, 7) is 1.46. The number of fused-ring (bicyclic) bond motifs is 1. The molecule has 0 aliphatic carbocycles. The number of nitrogens with zero attached hydrogens (tertiary/aromatic N) is 1. The van der Waals surface area contributed by atoms with Crippen LogP contribution < -0.4 is 14.2 Å². The SMILES string of the molecule is COc1ccc(-c2c3c(cc(C(C)O)c2[N+](=O)[O-])OCO3)cc1. The molecule has 1 atom stereocenters. The molecule has 1 unspecified atom stereocenters. The maximum absolute atomic E-state index is 11.6. The summed E-state index contributed by atoms with van der Waals surface area (Å²) in [5.41, 5.74) is 0.879. The highest BCUT2D eigenvalue weighted by molar-refractivity contribution is 5.85. The fraction of sp³-hybridized carbons (Fsp3) is 0.250. The standard InChI is InChI=1S/C16H15NO6/c1-9(18)12-7-13-16(23-8-22-13)14(15(12)17(19)20)10-3-5-11(21-2)6-4-10/h3-7,9,18H,8H2,1-2H3. The maximum atomic E-state index is 11.6. The smallest absolute Gasteiger partial charge is 0.286 e. The largest absolute Gasteiger partial charge is 0.497 e.